The number of hydrazone groups is 1. The van der Waals surface area contributed by atoms with E-state index in [4.69, 9.17) is 11.6 Å². The van der Waals surface area contributed by atoms with Gasteiger partial charge in [-0.15, -0.1) is 0 Å². The van der Waals surface area contributed by atoms with Crippen LogP contribution in [-0.4, -0.2) is 11.6 Å². The lowest BCUT2D eigenvalue weighted by Crippen LogP contribution is -2.42. The zero-order chi connectivity index (χ0) is 16.2. The SMILES string of the molecule is CC12CCC3c4ccc(C(N)=O)cc4CC[C@H]3C1CC/C2=N\N. The summed E-state index contributed by atoms with van der Waals surface area (Å²) in [4.78, 5) is 11.4. The Morgan fingerprint density at radius 2 is 2.09 bits per heavy atom. The van der Waals surface area contributed by atoms with Crippen molar-refractivity contribution in [3.05, 3.63) is 34.9 Å². The minimum atomic E-state index is -0.328. The molecular formula is C19H25N3O. The molecule has 0 spiro atoms. The van der Waals surface area contributed by atoms with Crippen LogP contribution in [0.25, 0.3) is 0 Å². The average molecular weight is 311 g/mol. The summed E-state index contributed by atoms with van der Waals surface area (Å²) in [6, 6.07) is 6.07. The van der Waals surface area contributed by atoms with Gasteiger partial charge in [-0.2, -0.15) is 5.10 Å². The third-order valence-electron chi connectivity index (χ3n) is 6.91. The van der Waals surface area contributed by atoms with E-state index in [1.54, 1.807) is 0 Å². The first-order valence-electron chi connectivity index (χ1n) is 8.74. The molecule has 4 nitrogen and oxygen atoms in total. The Morgan fingerprint density at radius 3 is 2.83 bits per heavy atom. The fourth-order valence-corrected chi connectivity index (χ4v) is 5.74. The number of primary amides is 1. The first-order chi connectivity index (χ1) is 11.0. The van der Waals surface area contributed by atoms with Gasteiger partial charge in [-0.25, -0.2) is 0 Å². The lowest BCUT2D eigenvalue weighted by Gasteiger charge is -2.49. The molecule has 1 aromatic carbocycles. The number of nitrogens with two attached hydrogens (primary N) is 2. The van der Waals surface area contributed by atoms with Crippen LogP contribution in [0.15, 0.2) is 23.3 Å². The van der Waals surface area contributed by atoms with E-state index < -0.39 is 0 Å². The van der Waals surface area contributed by atoms with E-state index in [0.29, 0.717) is 17.4 Å². The van der Waals surface area contributed by atoms with Gasteiger partial charge in [-0.1, -0.05) is 13.0 Å². The van der Waals surface area contributed by atoms with Crippen LogP contribution in [-0.2, 0) is 6.42 Å². The molecule has 23 heavy (non-hydrogen) atoms. The van der Waals surface area contributed by atoms with Gasteiger partial charge >= 0.3 is 0 Å². The van der Waals surface area contributed by atoms with E-state index in [1.165, 1.54) is 42.5 Å². The Kier molecular flexibility index (Phi) is 3.26. The summed E-state index contributed by atoms with van der Waals surface area (Å²) in [6.45, 7) is 2.37. The molecule has 3 aliphatic rings. The third-order valence-corrected chi connectivity index (χ3v) is 6.91. The Morgan fingerprint density at radius 1 is 1.26 bits per heavy atom. The van der Waals surface area contributed by atoms with E-state index in [-0.39, 0.29) is 11.3 Å². The van der Waals surface area contributed by atoms with Crippen molar-refractivity contribution in [3.8, 4) is 0 Å². The van der Waals surface area contributed by atoms with Crippen LogP contribution >= 0.6 is 0 Å². The fraction of sp³-hybridized carbons (Fsp3) is 0.579. The molecule has 0 saturated heterocycles. The first-order valence-corrected chi connectivity index (χ1v) is 8.74. The average Bonchev–Trinajstić information content (AvgIpc) is 2.90. The number of aryl methyl sites for hydroxylation is 1. The van der Waals surface area contributed by atoms with Crippen LogP contribution in [0.5, 0.6) is 0 Å². The zero-order valence-corrected chi connectivity index (χ0v) is 13.7. The zero-order valence-electron chi connectivity index (χ0n) is 13.7. The number of hydrogen-bond donors (Lipinski definition) is 2. The van der Waals surface area contributed by atoms with Crippen LogP contribution in [0.1, 0.15) is 66.4 Å². The van der Waals surface area contributed by atoms with Crippen molar-refractivity contribution < 1.29 is 4.79 Å². The first kappa shape index (κ1) is 14.7. The molecule has 3 aliphatic carbocycles. The monoisotopic (exact) mass is 311 g/mol. The lowest BCUT2D eigenvalue weighted by molar-refractivity contribution is 0.0953. The summed E-state index contributed by atoms with van der Waals surface area (Å²) in [7, 11) is 0. The Bertz CT molecular complexity index is 696. The summed E-state index contributed by atoms with van der Waals surface area (Å²) < 4.78 is 0. The minimum absolute atomic E-state index is 0.209. The normalized spacial score (nSPS) is 37.1. The predicted molar refractivity (Wildman–Crippen MR) is 91.2 cm³/mol. The largest absolute Gasteiger partial charge is 0.366 e. The maximum Gasteiger partial charge on any atom is 0.248 e. The summed E-state index contributed by atoms with van der Waals surface area (Å²) in [6.07, 6.45) is 6.92. The van der Waals surface area contributed by atoms with Crippen LogP contribution in [0.4, 0.5) is 0 Å². The van der Waals surface area contributed by atoms with Gasteiger partial charge in [0.1, 0.15) is 0 Å². The van der Waals surface area contributed by atoms with E-state index >= 15 is 0 Å². The molecule has 0 aromatic heterocycles. The Labute approximate surface area is 137 Å². The van der Waals surface area contributed by atoms with Gasteiger partial charge in [0.25, 0.3) is 0 Å². The molecule has 4 rings (SSSR count). The molecule has 1 amide bonds. The molecule has 0 radical (unpaired) electrons. The third kappa shape index (κ3) is 2.03. The number of hydrogen-bond acceptors (Lipinski definition) is 3. The number of fused-ring (bicyclic) bond motifs is 5. The van der Waals surface area contributed by atoms with E-state index in [0.717, 1.165) is 18.8 Å². The van der Waals surface area contributed by atoms with Crippen molar-refractivity contribution in [2.45, 2.75) is 51.4 Å². The lowest BCUT2D eigenvalue weighted by atomic mass is 9.55. The second-order valence-corrected chi connectivity index (χ2v) is 7.76. The predicted octanol–water partition coefficient (Wildman–Crippen LogP) is 2.96. The molecule has 1 aromatic rings. The van der Waals surface area contributed by atoms with Crippen LogP contribution in [0, 0.1) is 17.3 Å². The van der Waals surface area contributed by atoms with Crippen molar-refractivity contribution in [2.24, 2.45) is 33.9 Å². The summed E-state index contributed by atoms with van der Waals surface area (Å²) in [5.74, 6) is 7.38. The van der Waals surface area contributed by atoms with Gasteiger partial charge in [0.15, 0.2) is 0 Å². The molecule has 4 atom stereocenters. The van der Waals surface area contributed by atoms with Crippen molar-refractivity contribution in [1.82, 2.24) is 0 Å². The van der Waals surface area contributed by atoms with Gasteiger partial charge in [0, 0.05) is 16.7 Å². The van der Waals surface area contributed by atoms with Crippen molar-refractivity contribution in [3.63, 3.8) is 0 Å². The summed E-state index contributed by atoms with van der Waals surface area (Å²) >= 11 is 0. The number of benzene rings is 1. The number of carbonyl (C=O) groups excluding carboxylic acids is 1. The van der Waals surface area contributed by atoms with Crippen molar-refractivity contribution >= 4 is 11.6 Å². The standard InChI is InChI=1S/C19H25N3O/c1-19-9-8-14-13-4-3-12(18(20)23)10-11(13)2-5-15(14)16(19)6-7-17(19)22-21/h3-4,10,14-16H,2,5-9,21H2,1H3,(H2,20,23)/b22-17+/t14?,15-,16?,19?/m1/s1. The maximum atomic E-state index is 11.4. The quantitative estimate of drug-likeness (QED) is 0.617. The summed E-state index contributed by atoms with van der Waals surface area (Å²) in [5, 5.41) is 4.12. The number of amides is 1. The second kappa shape index (κ2) is 5.08. The van der Waals surface area contributed by atoms with Crippen molar-refractivity contribution in [1.29, 1.82) is 0 Å². The molecule has 0 bridgehead atoms. The molecule has 3 unspecified atom stereocenters. The highest BCUT2D eigenvalue weighted by atomic mass is 16.1. The van der Waals surface area contributed by atoms with Crippen LogP contribution in [0.2, 0.25) is 0 Å². The molecule has 0 aliphatic heterocycles. The molecule has 2 fully saturated rings. The van der Waals surface area contributed by atoms with Gasteiger partial charge in [0.05, 0.1) is 0 Å². The van der Waals surface area contributed by atoms with E-state index in [1.807, 2.05) is 12.1 Å². The molecule has 2 saturated carbocycles. The van der Waals surface area contributed by atoms with E-state index in [2.05, 4.69) is 18.1 Å². The van der Waals surface area contributed by atoms with Crippen molar-refractivity contribution in [2.75, 3.05) is 0 Å². The highest BCUT2D eigenvalue weighted by Crippen LogP contribution is 2.59. The van der Waals surface area contributed by atoms with Gasteiger partial charge in [-0.05, 0) is 79.5 Å². The number of rotatable bonds is 1. The second-order valence-electron chi connectivity index (χ2n) is 7.76. The Balaban J connectivity index is 1.69. The molecule has 4 heteroatoms. The Hall–Kier alpha value is -1.84. The molecule has 0 heterocycles. The maximum absolute atomic E-state index is 11.4. The number of carbonyl (C=O) groups is 1. The van der Waals surface area contributed by atoms with Gasteiger partial charge < -0.3 is 11.6 Å². The topological polar surface area (TPSA) is 81.5 Å². The smallest absolute Gasteiger partial charge is 0.248 e. The molecular weight excluding hydrogens is 286 g/mol. The fourth-order valence-electron chi connectivity index (χ4n) is 5.74. The van der Waals surface area contributed by atoms with Crippen LogP contribution < -0.4 is 11.6 Å². The minimum Gasteiger partial charge on any atom is -0.366 e. The van der Waals surface area contributed by atoms with Gasteiger partial charge in [0.2, 0.25) is 5.91 Å². The summed E-state index contributed by atoms with van der Waals surface area (Å²) in [5.41, 5.74) is 10.3. The number of nitrogens with zero attached hydrogens (tertiary/aromatic N) is 1. The van der Waals surface area contributed by atoms with Gasteiger partial charge in [-0.3, -0.25) is 4.79 Å². The molecule has 122 valence electrons. The van der Waals surface area contributed by atoms with E-state index in [9.17, 15) is 4.79 Å². The molecule has 4 N–H and O–H groups in total. The highest BCUT2D eigenvalue weighted by Gasteiger charge is 2.53. The van der Waals surface area contributed by atoms with Crippen LogP contribution in [0.3, 0.4) is 0 Å². The highest BCUT2D eigenvalue weighted by molar-refractivity contribution is 5.93.